The van der Waals surface area contributed by atoms with Crippen LogP contribution >= 0.6 is 0 Å². The zero-order valence-corrected chi connectivity index (χ0v) is 12.0. The van der Waals surface area contributed by atoms with Crippen LogP contribution in [0.3, 0.4) is 0 Å². The number of aryl methyl sites for hydroxylation is 1. The molecule has 4 nitrogen and oxygen atoms in total. The van der Waals surface area contributed by atoms with Crippen molar-refractivity contribution in [2.24, 2.45) is 0 Å². The number of rotatable bonds is 5. The van der Waals surface area contributed by atoms with Gasteiger partial charge in [0.2, 0.25) is 0 Å². The number of para-hydroxylation sites is 1. The van der Waals surface area contributed by atoms with Crippen LogP contribution in [0.1, 0.15) is 37.4 Å². The Labute approximate surface area is 118 Å². The number of carbonyl (C=O) groups is 1. The third kappa shape index (κ3) is 2.90. The predicted molar refractivity (Wildman–Crippen MR) is 78.3 cm³/mol. The first kappa shape index (κ1) is 14.3. The summed E-state index contributed by atoms with van der Waals surface area (Å²) in [6, 6.07) is 7.75. The number of fused-ring (bicyclic) bond motifs is 1. The number of hydrogen-bond donors (Lipinski definition) is 1. The third-order valence-corrected chi connectivity index (χ3v) is 3.33. The summed E-state index contributed by atoms with van der Waals surface area (Å²) in [5.41, 5.74) is 2.78. The molecule has 0 radical (unpaired) electrons. The Bertz CT molecular complexity index is 635. The number of methoxy groups -OCH3 is 1. The molecule has 106 valence electrons. The van der Waals surface area contributed by atoms with Gasteiger partial charge in [-0.05, 0) is 30.0 Å². The zero-order chi connectivity index (χ0) is 14.7. The van der Waals surface area contributed by atoms with E-state index < -0.39 is 5.97 Å². The molecule has 0 unspecified atom stereocenters. The van der Waals surface area contributed by atoms with Crippen LogP contribution in [0.2, 0.25) is 0 Å². The molecule has 0 amide bonds. The fourth-order valence-electron chi connectivity index (χ4n) is 2.22. The molecule has 0 bridgehead atoms. The van der Waals surface area contributed by atoms with Gasteiger partial charge in [0.05, 0.1) is 7.11 Å². The van der Waals surface area contributed by atoms with Crippen LogP contribution in [-0.2, 0) is 11.2 Å². The van der Waals surface area contributed by atoms with Gasteiger partial charge < -0.3 is 9.84 Å². The van der Waals surface area contributed by atoms with Crippen molar-refractivity contribution >= 4 is 16.9 Å². The van der Waals surface area contributed by atoms with Crippen molar-refractivity contribution in [2.45, 2.75) is 32.6 Å². The SMILES string of the molecule is COc1cccc2c(CCC(=O)O)cc(C(C)C)nc12. The normalized spacial score (nSPS) is 11.0. The van der Waals surface area contributed by atoms with Gasteiger partial charge in [-0.15, -0.1) is 0 Å². The van der Waals surface area contributed by atoms with Crippen molar-refractivity contribution in [1.82, 2.24) is 4.98 Å². The second-order valence-corrected chi connectivity index (χ2v) is 5.11. The number of aliphatic carboxylic acids is 1. The summed E-state index contributed by atoms with van der Waals surface area (Å²) in [7, 11) is 1.62. The van der Waals surface area contributed by atoms with Crippen LogP contribution in [0.5, 0.6) is 5.75 Å². The van der Waals surface area contributed by atoms with Crippen LogP contribution in [0.15, 0.2) is 24.3 Å². The van der Waals surface area contributed by atoms with E-state index in [4.69, 9.17) is 9.84 Å². The van der Waals surface area contributed by atoms with Gasteiger partial charge in [-0.2, -0.15) is 0 Å². The Morgan fingerprint density at radius 3 is 2.75 bits per heavy atom. The first-order valence-corrected chi connectivity index (χ1v) is 6.71. The Balaban J connectivity index is 2.61. The maximum Gasteiger partial charge on any atom is 0.303 e. The largest absolute Gasteiger partial charge is 0.494 e. The summed E-state index contributed by atoms with van der Waals surface area (Å²) in [5, 5.41) is 9.85. The fraction of sp³-hybridized carbons (Fsp3) is 0.375. The quantitative estimate of drug-likeness (QED) is 0.907. The van der Waals surface area contributed by atoms with Gasteiger partial charge in [0.1, 0.15) is 11.3 Å². The summed E-state index contributed by atoms with van der Waals surface area (Å²) < 4.78 is 5.36. The highest BCUT2D eigenvalue weighted by atomic mass is 16.5. The number of aromatic nitrogens is 1. The molecule has 0 aliphatic heterocycles. The van der Waals surface area contributed by atoms with E-state index in [1.54, 1.807) is 7.11 Å². The fourth-order valence-corrected chi connectivity index (χ4v) is 2.22. The van der Waals surface area contributed by atoms with Crippen LogP contribution in [0, 0.1) is 0 Å². The Hall–Kier alpha value is -2.10. The monoisotopic (exact) mass is 273 g/mol. The number of carboxylic acid groups (broad SMARTS) is 1. The summed E-state index contributed by atoms with van der Waals surface area (Å²) >= 11 is 0. The summed E-state index contributed by atoms with van der Waals surface area (Å²) in [6.45, 7) is 4.15. The number of carboxylic acids is 1. The molecule has 2 rings (SSSR count). The smallest absolute Gasteiger partial charge is 0.303 e. The Morgan fingerprint density at radius 2 is 2.15 bits per heavy atom. The average Bonchev–Trinajstić information content (AvgIpc) is 2.43. The number of hydrogen-bond acceptors (Lipinski definition) is 3. The van der Waals surface area contributed by atoms with Crippen LogP contribution in [-0.4, -0.2) is 23.2 Å². The van der Waals surface area contributed by atoms with Gasteiger partial charge in [0.25, 0.3) is 0 Å². The molecule has 0 saturated heterocycles. The predicted octanol–water partition coefficient (Wildman–Crippen LogP) is 3.38. The van der Waals surface area contributed by atoms with Crippen LogP contribution in [0.25, 0.3) is 10.9 Å². The number of pyridine rings is 1. The maximum absolute atomic E-state index is 10.8. The van der Waals surface area contributed by atoms with Crippen molar-refractivity contribution in [3.8, 4) is 5.75 Å². The highest BCUT2D eigenvalue weighted by Gasteiger charge is 2.12. The molecular formula is C16H19NO3. The van der Waals surface area contributed by atoms with Gasteiger partial charge >= 0.3 is 5.97 Å². The maximum atomic E-state index is 10.8. The molecule has 1 aromatic carbocycles. The first-order valence-electron chi connectivity index (χ1n) is 6.71. The first-order chi connectivity index (χ1) is 9.52. The summed E-state index contributed by atoms with van der Waals surface area (Å²) in [5.74, 6) is 0.221. The lowest BCUT2D eigenvalue weighted by Crippen LogP contribution is -2.02. The summed E-state index contributed by atoms with van der Waals surface area (Å²) in [6.07, 6.45) is 0.620. The second-order valence-electron chi connectivity index (χ2n) is 5.11. The summed E-state index contributed by atoms with van der Waals surface area (Å²) in [4.78, 5) is 15.5. The molecule has 4 heteroatoms. The van der Waals surface area contributed by atoms with Gasteiger partial charge in [-0.25, -0.2) is 4.98 Å². The van der Waals surface area contributed by atoms with E-state index in [0.29, 0.717) is 6.42 Å². The van der Waals surface area contributed by atoms with Crippen molar-refractivity contribution in [1.29, 1.82) is 0 Å². The van der Waals surface area contributed by atoms with Gasteiger partial charge in [-0.1, -0.05) is 26.0 Å². The van der Waals surface area contributed by atoms with E-state index in [1.165, 1.54) is 0 Å². The number of benzene rings is 1. The minimum atomic E-state index is -0.788. The molecule has 2 aromatic rings. The molecule has 1 heterocycles. The van der Waals surface area contributed by atoms with E-state index in [2.05, 4.69) is 18.8 Å². The molecular weight excluding hydrogens is 254 g/mol. The molecule has 20 heavy (non-hydrogen) atoms. The highest BCUT2D eigenvalue weighted by molar-refractivity contribution is 5.88. The van der Waals surface area contributed by atoms with Crippen molar-refractivity contribution in [3.63, 3.8) is 0 Å². The lowest BCUT2D eigenvalue weighted by Gasteiger charge is -2.13. The lowest BCUT2D eigenvalue weighted by molar-refractivity contribution is -0.136. The van der Waals surface area contributed by atoms with Gasteiger partial charge in [0.15, 0.2) is 0 Å². The minimum absolute atomic E-state index is 0.119. The van der Waals surface area contributed by atoms with E-state index in [1.807, 2.05) is 24.3 Å². The number of nitrogens with zero attached hydrogens (tertiary/aromatic N) is 1. The van der Waals surface area contributed by atoms with E-state index in [-0.39, 0.29) is 12.3 Å². The molecule has 0 atom stereocenters. The minimum Gasteiger partial charge on any atom is -0.494 e. The lowest BCUT2D eigenvalue weighted by atomic mass is 9.99. The van der Waals surface area contributed by atoms with E-state index in [9.17, 15) is 4.79 Å². The van der Waals surface area contributed by atoms with Crippen molar-refractivity contribution < 1.29 is 14.6 Å². The highest BCUT2D eigenvalue weighted by Crippen LogP contribution is 2.29. The molecule has 0 spiro atoms. The average molecular weight is 273 g/mol. The van der Waals surface area contributed by atoms with Crippen LogP contribution in [0.4, 0.5) is 0 Å². The molecule has 0 aliphatic rings. The van der Waals surface area contributed by atoms with Gasteiger partial charge in [-0.3, -0.25) is 4.79 Å². The molecule has 0 aliphatic carbocycles. The van der Waals surface area contributed by atoms with E-state index in [0.717, 1.165) is 27.9 Å². The standard InChI is InChI=1S/C16H19NO3/c1-10(2)13-9-11(7-8-15(18)19)12-5-4-6-14(20-3)16(12)17-13/h4-6,9-10H,7-8H2,1-3H3,(H,18,19). The van der Waals surface area contributed by atoms with Gasteiger partial charge in [0, 0.05) is 17.5 Å². The third-order valence-electron chi connectivity index (χ3n) is 3.33. The molecule has 1 N–H and O–H groups in total. The molecule has 0 fully saturated rings. The molecule has 0 saturated carbocycles. The molecule has 1 aromatic heterocycles. The van der Waals surface area contributed by atoms with Crippen molar-refractivity contribution in [2.75, 3.05) is 7.11 Å². The topological polar surface area (TPSA) is 59.4 Å². The zero-order valence-electron chi connectivity index (χ0n) is 12.0. The Kier molecular flexibility index (Phi) is 4.23. The number of ether oxygens (including phenoxy) is 1. The Morgan fingerprint density at radius 1 is 1.40 bits per heavy atom. The van der Waals surface area contributed by atoms with Crippen LogP contribution < -0.4 is 4.74 Å². The van der Waals surface area contributed by atoms with E-state index >= 15 is 0 Å². The second kappa shape index (κ2) is 5.90. The van der Waals surface area contributed by atoms with Crippen molar-refractivity contribution in [3.05, 3.63) is 35.5 Å².